The van der Waals surface area contributed by atoms with E-state index in [2.05, 4.69) is 34.7 Å². The van der Waals surface area contributed by atoms with Crippen LogP contribution in [0.3, 0.4) is 0 Å². The number of pyridine rings is 1. The summed E-state index contributed by atoms with van der Waals surface area (Å²) in [5.41, 5.74) is 3.89. The van der Waals surface area contributed by atoms with Gasteiger partial charge in [0.05, 0.1) is 11.3 Å². The van der Waals surface area contributed by atoms with Crippen molar-refractivity contribution in [2.24, 2.45) is 0 Å². The van der Waals surface area contributed by atoms with E-state index in [1.54, 1.807) is 30.6 Å². The number of rotatable bonds is 7. The molecule has 6 nitrogen and oxygen atoms in total. The van der Waals surface area contributed by atoms with Gasteiger partial charge in [-0.2, -0.15) is 0 Å². The Kier molecular flexibility index (Phi) is 7.01. The lowest BCUT2D eigenvalue weighted by atomic mass is 9.79. The molecule has 3 aromatic carbocycles. The van der Waals surface area contributed by atoms with E-state index in [4.69, 9.17) is 0 Å². The number of hydrogen-bond acceptors (Lipinski definition) is 5. The number of anilines is 2. The number of carbonyl (C=O) groups is 1. The third kappa shape index (κ3) is 5.48. The van der Waals surface area contributed by atoms with Gasteiger partial charge >= 0.3 is 7.12 Å². The maximum atomic E-state index is 14.2. The number of amides is 1. The van der Waals surface area contributed by atoms with Crippen LogP contribution in [0.25, 0.3) is 11.1 Å². The van der Waals surface area contributed by atoms with Gasteiger partial charge in [0.2, 0.25) is 0 Å². The van der Waals surface area contributed by atoms with Gasteiger partial charge in [-0.15, -0.1) is 0 Å². The van der Waals surface area contributed by atoms with E-state index in [0.29, 0.717) is 5.69 Å². The van der Waals surface area contributed by atoms with Gasteiger partial charge in [-0.1, -0.05) is 48.5 Å². The monoisotopic (exact) mass is 455 g/mol. The van der Waals surface area contributed by atoms with E-state index in [1.165, 1.54) is 6.07 Å². The van der Waals surface area contributed by atoms with Crippen LogP contribution in [0.2, 0.25) is 0 Å². The van der Waals surface area contributed by atoms with Gasteiger partial charge in [-0.3, -0.25) is 9.78 Å². The van der Waals surface area contributed by atoms with Crippen LogP contribution in [0.4, 0.5) is 15.8 Å². The first kappa shape index (κ1) is 23.2. The molecule has 170 valence electrons. The Morgan fingerprint density at radius 3 is 2.44 bits per heavy atom. The summed E-state index contributed by atoms with van der Waals surface area (Å²) in [6.45, 7) is 2.07. The van der Waals surface area contributed by atoms with E-state index in [-0.39, 0.29) is 17.1 Å². The van der Waals surface area contributed by atoms with Crippen molar-refractivity contribution in [3.63, 3.8) is 0 Å². The minimum Gasteiger partial charge on any atom is -0.423 e. The fourth-order valence-electron chi connectivity index (χ4n) is 3.60. The van der Waals surface area contributed by atoms with E-state index < -0.39 is 18.8 Å². The molecule has 0 aliphatic carbocycles. The smallest absolute Gasteiger partial charge is 0.423 e. The summed E-state index contributed by atoms with van der Waals surface area (Å²) in [6, 6.07) is 22.6. The third-order valence-electron chi connectivity index (χ3n) is 5.41. The highest BCUT2D eigenvalue weighted by Crippen LogP contribution is 2.26. The molecule has 4 aromatic rings. The van der Waals surface area contributed by atoms with E-state index in [0.717, 1.165) is 34.5 Å². The van der Waals surface area contributed by atoms with Gasteiger partial charge in [0.15, 0.2) is 0 Å². The molecule has 0 saturated carbocycles. The van der Waals surface area contributed by atoms with Crippen molar-refractivity contribution >= 4 is 29.9 Å². The number of carbonyl (C=O) groups excluding carboxylic acids is 1. The van der Waals surface area contributed by atoms with E-state index in [1.807, 2.05) is 30.3 Å². The molecule has 1 atom stereocenters. The summed E-state index contributed by atoms with van der Waals surface area (Å²) in [7, 11) is -1.80. The van der Waals surface area contributed by atoms with Crippen LogP contribution in [-0.2, 0) is 0 Å². The second-order valence-corrected chi connectivity index (χ2v) is 7.89. The van der Waals surface area contributed by atoms with Crippen molar-refractivity contribution in [1.82, 2.24) is 4.98 Å². The first-order chi connectivity index (χ1) is 16.4. The summed E-state index contributed by atoms with van der Waals surface area (Å²) in [4.78, 5) is 17.0. The number of benzene rings is 3. The molecule has 0 aliphatic heterocycles. The fraction of sp³-hybridized carbons (Fsp3) is 0.0769. The van der Waals surface area contributed by atoms with Crippen LogP contribution >= 0.6 is 0 Å². The van der Waals surface area contributed by atoms with Crippen molar-refractivity contribution in [3.05, 3.63) is 108 Å². The molecule has 4 rings (SSSR count). The van der Waals surface area contributed by atoms with Crippen molar-refractivity contribution in [2.45, 2.75) is 13.0 Å². The SMILES string of the molecule is C[C@H](Nc1cncc(-c2cccc(NC(=O)c3cc(B(O)O)ccc3F)c2)c1)c1ccccc1. The first-order valence-corrected chi connectivity index (χ1v) is 10.7. The number of nitrogens with one attached hydrogen (secondary N) is 2. The number of hydrogen-bond donors (Lipinski definition) is 4. The van der Waals surface area contributed by atoms with Crippen molar-refractivity contribution in [3.8, 4) is 11.1 Å². The van der Waals surface area contributed by atoms with E-state index in [9.17, 15) is 19.2 Å². The zero-order chi connectivity index (χ0) is 24.1. The van der Waals surface area contributed by atoms with Crippen LogP contribution in [-0.4, -0.2) is 28.1 Å². The molecule has 0 bridgehead atoms. The van der Waals surface area contributed by atoms with Crippen molar-refractivity contribution in [2.75, 3.05) is 10.6 Å². The molecule has 0 unspecified atom stereocenters. The molecule has 0 radical (unpaired) electrons. The van der Waals surface area contributed by atoms with Crippen LogP contribution in [0.1, 0.15) is 28.9 Å². The van der Waals surface area contributed by atoms with Gasteiger partial charge in [-0.25, -0.2) is 4.39 Å². The Morgan fingerprint density at radius 2 is 1.68 bits per heavy atom. The molecule has 4 N–H and O–H groups in total. The second kappa shape index (κ2) is 10.3. The summed E-state index contributed by atoms with van der Waals surface area (Å²) >= 11 is 0. The minimum absolute atomic E-state index is 0.0282. The number of halogens is 1. The average molecular weight is 455 g/mol. The normalized spacial score (nSPS) is 11.5. The summed E-state index contributed by atoms with van der Waals surface area (Å²) in [5.74, 6) is -1.45. The highest BCUT2D eigenvalue weighted by atomic mass is 19.1. The summed E-state index contributed by atoms with van der Waals surface area (Å²) < 4.78 is 14.2. The second-order valence-electron chi connectivity index (χ2n) is 7.89. The van der Waals surface area contributed by atoms with Gasteiger partial charge < -0.3 is 20.7 Å². The van der Waals surface area contributed by atoms with Gasteiger partial charge in [0, 0.05) is 29.7 Å². The maximum absolute atomic E-state index is 14.2. The Balaban J connectivity index is 1.52. The molecule has 0 aliphatic rings. The van der Waals surface area contributed by atoms with Gasteiger partial charge in [0.25, 0.3) is 5.91 Å². The predicted molar refractivity (Wildman–Crippen MR) is 132 cm³/mol. The molecule has 1 aromatic heterocycles. The van der Waals surface area contributed by atoms with Crippen LogP contribution < -0.4 is 16.1 Å². The number of aromatic nitrogens is 1. The third-order valence-corrected chi connectivity index (χ3v) is 5.41. The molecule has 1 heterocycles. The zero-order valence-electron chi connectivity index (χ0n) is 18.4. The largest absolute Gasteiger partial charge is 0.488 e. The minimum atomic E-state index is -1.80. The molecule has 8 heteroatoms. The lowest BCUT2D eigenvalue weighted by Gasteiger charge is -2.16. The summed E-state index contributed by atoms with van der Waals surface area (Å²) in [6.07, 6.45) is 3.48. The molecule has 0 spiro atoms. The maximum Gasteiger partial charge on any atom is 0.488 e. The van der Waals surface area contributed by atoms with Gasteiger partial charge in [-0.05, 0) is 53.8 Å². The fourth-order valence-corrected chi connectivity index (χ4v) is 3.60. The first-order valence-electron chi connectivity index (χ1n) is 10.7. The topological polar surface area (TPSA) is 94.5 Å². The van der Waals surface area contributed by atoms with Crippen LogP contribution in [0.5, 0.6) is 0 Å². The lowest BCUT2D eigenvalue weighted by molar-refractivity contribution is 0.102. The Bertz CT molecular complexity index is 1300. The van der Waals surface area contributed by atoms with Crippen LogP contribution in [0.15, 0.2) is 91.3 Å². The standard InChI is InChI=1S/C26H23BFN3O3/c1-17(18-6-3-2-4-7-18)30-23-13-20(15-29-16-23)19-8-5-9-22(12-19)31-26(32)24-14-21(27(33)34)10-11-25(24)28/h2-17,30,33-34H,1H3,(H,31,32)/t17-/m0/s1. The Morgan fingerprint density at radius 1 is 0.912 bits per heavy atom. The number of nitrogens with zero attached hydrogens (tertiary/aromatic N) is 1. The van der Waals surface area contributed by atoms with Crippen molar-refractivity contribution < 1.29 is 19.2 Å². The summed E-state index contributed by atoms with van der Waals surface area (Å²) in [5, 5.41) is 24.7. The molecular formula is C26H23BFN3O3. The predicted octanol–water partition coefficient (Wildman–Crippen LogP) is 3.99. The average Bonchev–Trinajstić information content (AvgIpc) is 2.85. The Hall–Kier alpha value is -4.01. The Labute approximate surface area is 197 Å². The van der Waals surface area contributed by atoms with Crippen LogP contribution in [0, 0.1) is 5.82 Å². The molecular weight excluding hydrogens is 432 g/mol. The molecule has 0 fully saturated rings. The quantitative estimate of drug-likeness (QED) is 0.316. The van der Waals surface area contributed by atoms with Crippen molar-refractivity contribution in [1.29, 1.82) is 0 Å². The molecule has 34 heavy (non-hydrogen) atoms. The molecule has 0 saturated heterocycles. The lowest BCUT2D eigenvalue weighted by Crippen LogP contribution is -2.31. The van der Waals surface area contributed by atoms with E-state index >= 15 is 0 Å². The highest BCUT2D eigenvalue weighted by molar-refractivity contribution is 6.58. The zero-order valence-corrected chi connectivity index (χ0v) is 18.4. The highest BCUT2D eigenvalue weighted by Gasteiger charge is 2.18. The molecule has 1 amide bonds. The van der Waals surface area contributed by atoms with Gasteiger partial charge in [0.1, 0.15) is 5.82 Å².